The van der Waals surface area contributed by atoms with Crippen LogP contribution in [-0.4, -0.2) is 52.5 Å². The van der Waals surface area contributed by atoms with Gasteiger partial charge in [-0.3, -0.25) is 0 Å². The minimum absolute atomic E-state index is 0.114. The van der Waals surface area contributed by atoms with Crippen molar-refractivity contribution in [3.63, 3.8) is 0 Å². The highest BCUT2D eigenvalue weighted by molar-refractivity contribution is 8.12. The highest BCUT2D eigenvalue weighted by Gasteiger charge is 2.41. The Balaban J connectivity index is 2.59. The van der Waals surface area contributed by atoms with Gasteiger partial charge in [-0.15, -0.1) is 0 Å². The first-order valence-corrected chi connectivity index (χ1v) is 11.2. The molecule has 1 aliphatic heterocycles. The number of carbonyl (C=O) groups is 1. The molecular formula is C13H27BO4SSi. The molecule has 1 saturated heterocycles. The predicted molar refractivity (Wildman–Crippen MR) is 88.8 cm³/mol. The highest BCUT2D eigenvalue weighted by atomic mass is 32.2. The van der Waals surface area contributed by atoms with Gasteiger partial charge < -0.3 is 13.9 Å². The van der Waals surface area contributed by atoms with Crippen LogP contribution in [0.4, 0.5) is 4.79 Å². The summed E-state index contributed by atoms with van der Waals surface area (Å²) in [6.07, 6.45) is 2.14. The standard InChI is InChI=1S/C13H27BO4SSi/c1-13(2,3)20(5,6)16-8-10-9(7-11(14)17-10)18-12(15)19-4/h9-11H,7-8,14H2,1-6H3/t9-,10-,11-/m1/s1. The third kappa shape index (κ3) is 4.79. The monoisotopic (exact) mass is 318 g/mol. The van der Waals surface area contributed by atoms with Gasteiger partial charge in [0.15, 0.2) is 8.32 Å². The first-order chi connectivity index (χ1) is 9.06. The molecule has 4 nitrogen and oxygen atoms in total. The van der Waals surface area contributed by atoms with Gasteiger partial charge in [-0.05, 0) is 36.1 Å². The molecule has 0 aliphatic carbocycles. The molecule has 0 amide bonds. The first-order valence-electron chi connectivity index (χ1n) is 7.11. The summed E-state index contributed by atoms with van der Waals surface area (Å²) < 4.78 is 17.5. The van der Waals surface area contributed by atoms with E-state index in [1.807, 2.05) is 7.85 Å². The van der Waals surface area contributed by atoms with Gasteiger partial charge in [0.05, 0.1) is 6.61 Å². The molecule has 0 unspecified atom stereocenters. The van der Waals surface area contributed by atoms with E-state index in [4.69, 9.17) is 13.9 Å². The molecular weight excluding hydrogens is 291 g/mol. The predicted octanol–water partition coefficient (Wildman–Crippen LogP) is 2.62. The second kappa shape index (κ2) is 6.85. The quantitative estimate of drug-likeness (QED) is 0.589. The SMILES string of the molecule is B[C@H]1C[C@@H](OC(=O)SC)[C@@H](CO[Si](C)(C)C(C)(C)C)O1. The normalized spacial score (nSPS) is 27.6. The van der Waals surface area contributed by atoms with E-state index in [-0.39, 0.29) is 28.6 Å². The topological polar surface area (TPSA) is 44.8 Å². The van der Waals surface area contributed by atoms with E-state index >= 15 is 0 Å². The van der Waals surface area contributed by atoms with Crippen LogP contribution in [0.2, 0.25) is 18.1 Å². The van der Waals surface area contributed by atoms with Crippen LogP contribution in [0.1, 0.15) is 27.2 Å². The summed E-state index contributed by atoms with van der Waals surface area (Å²) >= 11 is 1.09. The Morgan fingerprint density at radius 1 is 1.45 bits per heavy atom. The van der Waals surface area contributed by atoms with Crippen molar-refractivity contribution in [2.45, 2.75) is 63.5 Å². The molecule has 0 aromatic carbocycles. The summed E-state index contributed by atoms with van der Waals surface area (Å²) in [4.78, 5) is 11.4. The molecule has 7 heteroatoms. The van der Waals surface area contributed by atoms with Gasteiger partial charge in [0, 0.05) is 12.4 Å². The fourth-order valence-corrected chi connectivity index (χ4v) is 3.10. The highest BCUT2D eigenvalue weighted by Crippen LogP contribution is 2.37. The maximum absolute atomic E-state index is 11.4. The van der Waals surface area contributed by atoms with E-state index in [1.165, 1.54) is 0 Å². The van der Waals surface area contributed by atoms with Crippen LogP contribution in [0.5, 0.6) is 0 Å². The second-order valence-corrected chi connectivity index (χ2v) is 12.5. The molecule has 116 valence electrons. The molecule has 0 spiro atoms. The van der Waals surface area contributed by atoms with E-state index in [2.05, 4.69) is 33.9 Å². The fraction of sp³-hybridized carbons (Fsp3) is 0.923. The van der Waals surface area contributed by atoms with Gasteiger partial charge in [0.2, 0.25) is 0 Å². The number of rotatable bonds is 4. The Morgan fingerprint density at radius 3 is 2.55 bits per heavy atom. The van der Waals surface area contributed by atoms with Gasteiger partial charge in [0.1, 0.15) is 20.1 Å². The zero-order valence-electron chi connectivity index (χ0n) is 13.7. The number of hydrogen-bond acceptors (Lipinski definition) is 5. The molecule has 3 atom stereocenters. The van der Waals surface area contributed by atoms with Crippen molar-refractivity contribution >= 4 is 33.2 Å². The molecule has 0 radical (unpaired) electrons. The van der Waals surface area contributed by atoms with Crippen LogP contribution in [0.25, 0.3) is 0 Å². The van der Waals surface area contributed by atoms with Crippen molar-refractivity contribution in [2.24, 2.45) is 0 Å². The smallest absolute Gasteiger partial charge is 0.367 e. The summed E-state index contributed by atoms with van der Waals surface area (Å²) in [6, 6.07) is 0.114. The number of hydrogen-bond donors (Lipinski definition) is 0. The summed E-state index contributed by atoms with van der Waals surface area (Å²) in [7, 11) is 0.208. The molecule has 1 fully saturated rings. The van der Waals surface area contributed by atoms with Crippen molar-refractivity contribution in [2.75, 3.05) is 12.9 Å². The number of ether oxygens (including phenoxy) is 2. The third-order valence-electron chi connectivity index (χ3n) is 4.21. The van der Waals surface area contributed by atoms with E-state index in [1.54, 1.807) is 6.26 Å². The van der Waals surface area contributed by atoms with Gasteiger partial charge in [0.25, 0.3) is 0 Å². The van der Waals surface area contributed by atoms with E-state index < -0.39 is 8.32 Å². The van der Waals surface area contributed by atoms with Crippen LogP contribution >= 0.6 is 11.8 Å². The van der Waals surface area contributed by atoms with Gasteiger partial charge in [-0.25, -0.2) is 4.79 Å². The molecule has 1 heterocycles. The summed E-state index contributed by atoms with van der Waals surface area (Å²) in [5.41, 5.74) is 0. The molecule has 20 heavy (non-hydrogen) atoms. The first kappa shape index (κ1) is 18.1. The Bertz CT molecular complexity index is 346. The third-order valence-corrected chi connectivity index (χ3v) is 9.15. The lowest BCUT2D eigenvalue weighted by molar-refractivity contribution is -0.00301. The van der Waals surface area contributed by atoms with Crippen molar-refractivity contribution in [1.29, 1.82) is 0 Å². The lowest BCUT2D eigenvalue weighted by Crippen LogP contribution is -2.44. The van der Waals surface area contributed by atoms with Crippen LogP contribution in [0.15, 0.2) is 0 Å². The molecule has 0 N–H and O–H groups in total. The molecule has 0 aromatic rings. The summed E-state index contributed by atoms with van der Waals surface area (Å²) in [5.74, 6) is 0. The second-order valence-electron chi connectivity index (χ2n) is 6.90. The molecule has 0 saturated carbocycles. The van der Waals surface area contributed by atoms with Gasteiger partial charge in [-0.1, -0.05) is 20.8 Å². The lowest BCUT2D eigenvalue weighted by atomic mass is 9.96. The Hall–Kier alpha value is 0.0218. The van der Waals surface area contributed by atoms with Gasteiger partial charge in [-0.2, -0.15) is 0 Å². The van der Waals surface area contributed by atoms with Gasteiger partial charge >= 0.3 is 5.30 Å². The van der Waals surface area contributed by atoms with Crippen molar-refractivity contribution in [3.05, 3.63) is 0 Å². The van der Waals surface area contributed by atoms with Crippen LogP contribution < -0.4 is 0 Å². The Labute approximate surface area is 128 Å². The Morgan fingerprint density at radius 2 is 2.05 bits per heavy atom. The largest absolute Gasteiger partial charge is 0.451 e. The van der Waals surface area contributed by atoms with Crippen molar-refractivity contribution < 1.29 is 18.7 Å². The summed E-state index contributed by atoms with van der Waals surface area (Å²) in [6.45, 7) is 11.6. The van der Waals surface area contributed by atoms with E-state index in [9.17, 15) is 4.79 Å². The fourth-order valence-electron chi connectivity index (χ4n) is 1.87. The Kier molecular flexibility index (Phi) is 6.19. The minimum atomic E-state index is -1.80. The lowest BCUT2D eigenvalue weighted by Gasteiger charge is -2.37. The molecule has 1 rings (SSSR count). The van der Waals surface area contributed by atoms with Crippen LogP contribution in [-0.2, 0) is 13.9 Å². The maximum atomic E-state index is 11.4. The zero-order valence-corrected chi connectivity index (χ0v) is 15.5. The van der Waals surface area contributed by atoms with Crippen LogP contribution in [0, 0.1) is 0 Å². The summed E-state index contributed by atoms with van der Waals surface area (Å²) in [5, 5.41) is -0.0760. The minimum Gasteiger partial charge on any atom is -0.451 e. The molecule has 1 aliphatic rings. The average molecular weight is 318 g/mol. The number of thioether (sulfide) groups is 1. The maximum Gasteiger partial charge on any atom is 0.367 e. The number of carbonyl (C=O) groups excluding carboxylic acids is 1. The van der Waals surface area contributed by atoms with Crippen molar-refractivity contribution in [3.8, 4) is 0 Å². The average Bonchev–Trinajstić information content (AvgIpc) is 2.65. The van der Waals surface area contributed by atoms with E-state index in [0.29, 0.717) is 6.61 Å². The zero-order chi connectivity index (χ0) is 15.6. The molecule has 0 aromatic heterocycles. The molecule has 0 bridgehead atoms. The van der Waals surface area contributed by atoms with E-state index in [0.717, 1.165) is 18.2 Å². The van der Waals surface area contributed by atoms with Crippen molar-refractivity contribution in [1.82, 2.24) is 0 Å². The van der Waals surface area contributed by atoms with Crippen LogP contribution in [0.3, 0.4) is 0 Å².